The number of hydrogen-bond donors (Lipinski definition) is 1. The van der Waals surface area contributed by atoms with Crippen molar-refractivity contribution in [1.82, 2.24) is 14.9 Å². The smallest absolute Gasteiger partial charge is 0.227 e. The molecule has 7 nitrogen and oxygen atoms in total. The maximum absolute atomic E-state index is 6.19. The summed E-state index contributed by atoms with van der Waals surface area (Å²) in [5.74, 6) is 2.40. The fourth-order valence-electron chi connectivity index (χ4n) is 3.17. The Morgan fingerprint density at radius 3 is 2.54 bits per heavy atom. The van der Waals surface area contributed by atoms with Crippen molar-refractivity contribution in [2.45, 2.75) is 18.9 Å². The Bertz CT molecular complexity index is 734. The van der Waals surface area contributed by atoms with Crippen LogP contribution in [0.4, 0.5) is 11.8 Å². The molecule has 3 rings (SSSR count). The summed E-state index contributed by atoms with van der Waals surface area (Å²) in [4.78, 5) is 13.7. The molecule has 0 bridgehead atoms. The Labute approximate surface area is 142 Å². The summed E-state index contributed by atoms with van der Waals surface area (Å²) in [6.45, 7) is 1.85. The fourth-order valence-corrected chi connectivity index (χ4v) is 3.17. The van der Waals surface area contributed by atoms with Crippen molar-refractivity contribution in [2.24, 2.45) is 0 Å². The van der Waals surface area contributed by atoms with E-state index in [1.54, 1.807) is 14.2 Å². The summed E-state index contributed by atoms with van der Waals surface area (Å²) in [7, 11) is 7.44. The molecular formula is C17H25N5O2. The molecule has 7 heteroatoms. The van der Waals surface area contributed by atoms with Gasteiger partial charge in [0.2, 0.25) is 5.95 Å². The van der Waals surface area contributed by atoms with Crippen molar-refractivity contribution >= 4 is 22.7 Å². The van der Waals surface area contributed by atoms with E-state index in [0.717, 1.165) is 30.4 Å². The number of benzene rings is 1. The van der Waals surface area contributed by atoms with Crippen LogP contribution in [0.3, 0.4) is 0 Å². The summed E-state index contributed by atoms with van der Waals surface area (Å²) in [6.07, 6.45) is 2.31. The van der Waals surface area contributed by atoms with Gasteiger partial charge in [-0.1, -0.05) is 0 Å². The van der Waals surface area contributed by atoms with Gasteiger partial charge in [-0.2, -0.15) is 4.98 Å². The predicted octanol–water partition coefficient (Wildman–Crippen LogP) is 1.76. The zero-order valence-corrected chi connectivity index (χ0v) is 14.7. The van der Waals surface area contributed by atoms with Crippen LogP contribution < -0.4 is 20.1 Å². The van der Waals surface area contributed by atoms with Gasteiger partial charge >= 0.3 is 0 Å². The van der Waals surface area contributed by atoms with E-state index in [4.69, 9.17) is 20.2 Å². The normalized spacial score (nSPS) is 18.2. The second-order valence-corrected chi connectivity index (χ2v) is 6.34. The number of methoxy groups -OCH3 is 2. The molecule has 1 saturated heterocycles. The first-order valence-electron chi connectivity index (χ1n) is 8.14. The van der Waals surface area contributed by atoms with Crippen LogP contribution in [-0.2, 0) is 0 Å². The van der Waals surface area contributed by atoms with Crippen LogP contribution in [0, 0.1) is 0 Å². The molecule has 2 N–H and O–H groups in total. The highest BCUT2D eigenvalue weighted by Crippen LogP contribution is 2.34. The van der Waals surface area contributed by atoms with Crippen molar-refractivity contribution < 1.29 is 9.47 Å². The van der Waals surface area contributed by atoms with E-state index in [1.165, 1.54) is 6.42 Å². The molecule has 0 aliphatic carbocycles. The van der Waals surface area contributed by atoms with Gasteiger partial charge in [0, 0.05) is 30.6 Å². The number of anilines is 2. The van der Waals surface area contributed by atoms with Gasteiger partial charge in [0.05, 0.1) is 19.7 Å². The number of rotatable bonds is 4. The van der Waals surface area contributed by atoms with E-state index >= 15 is 0 Å². The van der Waals surface area contributed by atoms with Crippen LogP contribution in [0.15, 0.2) is 12.1 Å². The minimum Gasteiger partial charge on any atom is -0.493 e. The molecule has 2 aromatic rings. The summed E-state index contributed by atoms with van der Waals surface area (Å²) in [5.41, 5.74) is 6.95. The highest BCUT2D eigenvalue weighted by atomic mass is 16.5. The third kappa shape index (κ3) is 3.03. The molecule has 1 fully saturated rings. The van der Waals surface area contributed by atoms with E-state index in [-0.39, 0.29) is 0 Å². The summed E-state index contributed by atoms with van der Waals surface area (Å²) in [5, 5.41) is 0.776. The quantitative estimate of drug-likeness (QED) is 0.914. The average Bonchev–Trinajstić information content (AvgIpc) is 2.60. The second-order valence-electron chi connectivity index (χ2n) is 6.34. The lowest BCUT2D eigenvalue weighted by atomic mass is 10.1. The lowest BCUT2D eigenvalue weighted by Crippen LogP contribution is -2.45. The Morgan fingerprint density at radius 2 is 1.88 bits per heavy atom. The first-order chi connectivity index (χ1) is 11.5. The molecule has 1 unspecified atom stereocenters. The van der Waals surface area contributed by atoms with Crippen LogP contribution in [0.2, 0.25) is 0 Å². The molecule has 24 heavy (non-hydrogen) atoms. The van der Waals surface area contributed by atoms with Gasteiger partial charge in [-0.25, -0.2) is 4.98 Å². The number of nitrogens with zero attached hydrogens (tertiary/aromatic N) is 4. The van der Waals surface area contributed by atoms with Crippen LogP contribution in [-0.4, -0.2) is 62.3 Å². The van der Waals surface area contributed by atoms with Crippen LogP contribution in [0.25, 0.3) is 10.9 Å². The zero-order chi connectivity index (χ0) is 17.3. The van der Waals surface area contributed by atoms with Gasteiger partial charge in [-0.3, -0.25) is 0 Å². The fraction of sp³-hybridized carbons (Fsp3) is 0.529. The minimum atomic E-state index is 0.461. The second kappa shape index (κ2) is 6.68. The highest BCUT2D eigenvalue weighted by Gasteiger charge is 2.24. The topological polar surface area (TPSA) is 76.7 Å². The number of hydrogen-bond acceptors (Lipinski definition) is 7. The van der Waals surface area contributed by atoms with Crippen LogP contribution in [0.1, 0.15) is 12.8 Å². The number of nitrogen functional groups attached to an aromatic ring is 1. The van der Waals surface area contributed by atoms with Gasteiger partial charge in [0.1, 0.15) is 5.82 Å². The molecule has 1 aliphatic rings. The van der Waals surface area contributed by atoms with Gasteiger partial charge in [0.15, 0.2) is 11.5 Å². The first kappa shape index (κ1) is 16.6. The minimum absolute atomic E-state index is 0.461. The lowest BCUT2D eigenvalue weighted by Gasteiger charge is -2.36. The predicted molar refractivity (Wildman–Crippen MR) is 96.0 cm³/mol. The van der Waals surface area contributed by atoms with Crippen molar-refractivity contribution in [2.75, 3.05) is 52.0 Å². The molecule has 2 heterocycles. The Hall–Kier alpha value is -2.28. The van der Waals surface area contributed by atoms with Crippen LogP contribution >= 0.6 is 0 Å². The van der Waals surface area contributed by atoms with E-state index < -0.39 is 0 Å². The van der Waals surface area contributed by atoms with Gasteiger partial charge < -0.3 is 25.0 Å². The van der Waals surface area contributed by atoms with Gasteiger partial charge in [0.25, 0.3) is 0 Å². The lowest BCUT2D eigenvalue weighted by molar-refractivity contribution is 0.257. The number of nitrogens with two attached hydrogens (primary N) is 1. The van der Waals surface area contributed by atoms with E-state index in [0.29, 0.717) is 29.3 Å². The van der Waals surface area contributed by atoms with Gasteiger partial charge in [-0.15, -0.1) is 0 Å². The molecule has 0 saturated carbocycles. The Balaban J connectivity index is 2.00. The number of fused-ring (bicyclic) bond motifs is 1. The van der Waals surface area contributed by atoms with Crippen molar-refractivity contribution in [3.63, 3.8) is 0 Å². The molecule has 0 amide bonds. The van der Waals surface area contributed by atoms with E-state index in [1.807, 2.05) is 12.1 Å². The largest absolute Gasteiger partial charge is 0.493 e. The molecule has 1 aromatic heterocycles. The molecule has 0 spiro atoms. The van der Waals surface area contributed by atoms with Crippen molar-refractivity contribution in [3.8, 4) is 11.5 Å². The molecule has 0 radical (unpaired) electrons. The number of likely N-dealkylation sites (N-methyl/N-ethyl adjacent to an activating group) is 1. The van der Waals surface area contributed by atoms with E-state index in [2.05, 4.69) is 28.9 Å². The first-order valence-corrected chi connectivity index (χ1v) is 8.14. The average molecular weight is 331 g/mol. The summed E-state index contributed by atoms with van der Waals surface area (Å²) in [6, 6.07) is 4.18. The standard InChI is InChI=1S/C17H25N5O2/c1-21(2)11-6-5-7-22(10-11)17-19-13-9-15(24-4)14(23-3)8-12(13)16(18)20-17/h8-9,11H,5-7,10H2,1-4H3,(H2,18,19,20). The number of aromatic nitrogens is 2. The van der Waals surface area contributed by atoms with Crippen molar-refractivity contribution in [3.05, 3.63) is 12.1 Å². The van der Waals surface area contributed by atoms with Gasteiger partial charge in [-0.05, 0) is 33.0 Å². The maximum atomic E-state index is 6.19. The molecule has 1 aromatic carbocycles. The molecule has 130 valence electrons. The molecule has 1 aliphatic heterocycles. The summed E-state index contributed by atoms with van der Waals surface area (Å²) >= 11 is 0. The van der Waals surface area contributed by atoms with Crippen LogP contribution in [0.5, 0.6) is 11.5 Å². The summed E-state index contributed by atoms with van der Waals surface area (Å²) < 4.78 is 10.7. The number of piperidine rings is 1. The monoisotopic (exact) mass is 331 g/mol. The molecule has 1 atom stereocenters. The Morgan fingerprint density at radius 1 is 1.17 bits per heavy atom. The Kier molecular flexibility index (Phi) is 4.62. The highest BCUT2D eigenvalue weighted by molar-refractivity contribution is 5.91. The zero-order valence-electron chi connectivity index (χ0n) is 14.7. The molecular weight excluding hydrogens is 306 g/mol. The van der Waals surface area contributed by atoms with E-state index in [9.17, 15) is 0 Å². The van der Waals surface area contributed by atoms with Crippen molar-refractivity contribution in [1.29, 1.82) is 0 Å². The third-order valence-electron chi connectivity index (χ3n) is 4.63. The maximum Gasteiger partial charge on any atom is 0.227 e. The number of ether oxygens (including phenoxy) is 2. The third-order valence-corrected chi connectivity index (χ3v) is 4.63. The SMILES string of the molecule is COc1cc2nc(N3CCCC(N(C)C)C3)nc(N)c2cc1OC.